The Balaban J connectivity index is 2.51. The Hall–Kier alpha value is 0.168. The molecular formula is C7H12W. The molecule has 0 saturated carbocycles. The fourth-order valence-electron chi connectivity index (χ4n) is 0.768. The van der Waals surface area contributed by atoms with Gasteiger partial charge in [0.25, 0.3) is 0 Å². The predicted molar refractivity (Wildman–Crippen MR) is 35.0 cm³/mol. The first kappa shape index (κ1) is 6.29. The van der Waals surface area contributed by atoms with Crippen LogP contribution in [0.15, 0.2) is 22.2 Å². The second-order valence-corrected chi connectivity index (χ2v) is 10.7. The van der Waals surface area contributed by atoms with Gasteiger partial charge in [0.2, 0.25) is 0 Å². The fourth-order valence-corrected chi connectivity index (χ4v) is 3.84. The van der Waals surface area contributed by atoms with Gasteiger partial charge in [-0.25, -0.2) is 0 Å². The topological polar surface area (TPSA) is 0 Å². The number of allylic oxidation sites excluding steroid dienone is 4. The maximum atomic E-state index is 2.44. The molecule has 0 unspecified atom stereocenters. The van der Waals surface area contributed by atoms with Gasteiger partial charge in [-0.05, 0) is 0 Å². The second kappa shape index (κ2) is 2.64. The van der Waals surface area contributed by atoms with Gasteiger partial charge in [-0.3, -0.25) is 0 Å². The SMILES string of the molecule is [CH3][WH]([CH3])[C]1=CC=CC1. The summed E-state index contributed by atoms with van der Waals surface area (Å²) in [6.07, 6.45) is 8.01. The summed E-state index contributed by atoms with van der Waals surface area (Å²) in [5, 5.41) is 4.88. The van der Waals surface area contributed by atoms with Crippen LogP contribution in [0.4, 0.5) is 0 Å². The summed E-state index contributed by atoms with van der Waals surface area (Å²) in [6, 6.07) is 0. The summed E-state index contributed by atoms with van der Waals surface area (Å²) >= 11 is -0.968. The molecule has 0 amide bonds. The van der Waals surface area contributed by atoms with Gasteiger partial charge in [0.05, 0.1) is 0 Å². The minimum absolute atomic E-state index is 0.968. The molecule has 0 aromatic rings. The first-order valence-corrected chi connectivity index (χ1v) is 10.9. The van der Waals surface area contributed by atoms with Crippen LogP contribution in [0.25, 0.3) is 0 Å². The van der Waals surface area contributed by atoms with Gasteiger partial charge in [-0.15, -0.1) is 0 Å². The summed E-state index contributed by atoms with van der Waals surface area (Å²) in [5.41, 5.74) is 0. The second-order valence-electron chi connectivity index (χ2n) is 2.18. The van der Waals surface area contributed by atoms with Crippen molar-refractivity contribution in [3.8, 4) is 0 Å². The zero-order valence-electron chi connectivity index (χ0n) is 5.39. The van der Waals surface area contributed by atoms with Crippen LogP contribution in [0.3, 0.4) is 0 Å². The molecule has 1 heteroatoms. The average molecular weight is 280 g/mol. The fraction of sp³-hybridized carbons (Fsp3) is 0.429. The van der Waals surface area contributed by atoms with E-state index < -0.39 is 17.3 Å². The summed E-state index contributed by atoms with van der Waals surface area (Å²) < 4.78 is 1.76. The Morgan fingerprint density at radius 1 is 1.50 bits per heavy atom. The Labute approximate surface area is 56.8 Å². The van der Waals surface area contributed by atoms with Gasteiger partial charge in [-0.1, -0.05) is 0 Å². The van der Waals surface area contributed by atoms with Crippen molar-refractivity contribution in [2.75, 3.05) is 0 Å². The van der Waals surface area contributed by atoms with Crippen LogP contribution in [0.1, 0.15) is 6.42 Å². The monoisotopic (exact) mass is 280 g/mol. The van der Waals surface area contributed by atoms with Crippen molar-refractivity contribution in [1.29, 1.82) is 0 Å². The van der Waals surface area contributed by atoms with E-state index in [2.05, 4.69) is 28.9 Å². The molecule has 0 atom stereocenters. The maximum absolute atomic E-state index is 2.44. The molecule has 0 aromatic heterocycles. The molecule has 0 fully saturated rings. The van der Waals surface area contributed by atoms with Crippen molar-refractivity contribution in [3.05, 3.63) is 22.2 Å². The zero-order chi connectivity index (χ0) is 5.98. The van der Waals surface area contributed by atoms with Crippen LogP contribution in [0.5, 0.6) is 0 Å². The van der Waals surface area contributed by atoms with Crippen molar-refractivity contribution >= 4 is 0 Å². The molecule has 1 rings (SSSR count). The molecule has 1 aliphatic carbocycles. The minimum atomic E-state index is -0.968. The molecule has 1 aliphatic rings. The van der Waals surface area contributed by atoms with Crippen LogP contribution in [0.2, 0.25) is 10.6 Å². The van der Waals surface area contributed by atoms with Crippen LogP contribution in [-0.4, -0.2) is 0 Å². The molecule has 0 spiro atoms. The molecule has 8 heavy (non-hydrogen) atoms. The van der Waals surface area contributed by atoms with E-state index in [0.29, 0.717) is 0 Å². The van der Waals surface area contributed by atoms with E-state index in [0.717, 1.165) is 0 Å². The van der Waals surface area contributed by atoms with Crippen molar-refractivity contribution in [3.63, 3.8) is 0 Å². The molecule has 0 aliphatic heterocycles. The molecule has 0 aromatic carbocycles. The first-order valence-electron chi connectivity index (χ1n) is 2.84. The van der Waals surface area contributed by atoms with Crippen LogP contribution in [-0.2, 0) is 17.3 Å². The first-order chi connectivity index (χ1) is 3.80. The van der Waals surface area contributed by atoms with Crippen LogP contribution >= 0.6 is 0 Å². The van der Waals surface area contributed by atoms with Crippen molar-refractivity contribution < 1.29 is 17.3 Å². The van der Waals surface area contributed by atoms with E-state index in [1.807, 2.05) is 0 Å². The van der Waals surface area contributed by atoms with Crippen molar-refractivity contribution in [1.82, 2.24) is 0 Å². The van der Waals surface area contributed by atoms with Crippen molar-refractivity contribution in [2.24, 2.45) is 0 Å². The summed E-state index contributed by atoms with van der Waals surface area (Å²) in [5.74, 6) is 0. The Morgan fingerprint density at radius 3 is 2.50 bits per heavy atom. The van der Waals surface area contributed by atoms with Gasteiger partial charge < -0.3 is 0 Å². The zero-order valence-corrected chi connectivity index (χ0v) is 8.60. The molecule has 0 N–H and O–H groups in total. The number of rotatable bonds is 1. The van der Waals surface area contributed by atoms with Gasteiger partial charge in [0.1, 0.15) is 0 Å². The quantitative estimate of drug-likeness (QED) is 0.691. The van der Waals surface area contributed by atoms with E-state index in [1.54, 1.807) is 3.96 Å². The Morgan fingerprint density at radius 2 is 2.25 bits per heavy atom. The number of hydrogen-bond donors (Lipinski definition) is 0. The molecule has 0 radical (unpaired) electrons. The van der Waals surface area contributed by atoms with E-state index in [-0.39, 0.29) is 0 Å². The Bertz CT molecular complexity index is 131. The molecule has 0 nitrogen and oxygen atoms in total. The summed E-state index contributed by atoms with van der Waals surface area (Å²) in [6.45, 7) is 0. The molecule has 0 heterocycles. The van der Waals surface area contributed by atoms with Gasteiger partial charge in [0, 0.05) is 0 Å². The molecule has 0 saturated heterocycles. The van der Waals surface area contributed by atoms with Crippen LogP contribution in [0, 0.1) is 0 Å². The third-order valence-corrected chi connectivity index (χ3v) is 6.65. The van der Waals surface area contributed by atoms with Gasteiger partial charge >= 0.3 is 56.5 Å². The Kier molecular flexibility index (Phi) is 2.07. The van der Waals surface area contributed by atoms with E-state index in [1.165, 1.54) is 6.42 Å². The molecule has 0 bridgehead atoms. The van der Waals surface area contributed by atoms with Crippen molar-refractivity contribution in [2.45, 2.75) is 17.0 Å². The third kappa shape index (κ3) is 1.32. The molecule has 46 valence electrons. The van der Waals surface area contributed by atoms with Crippen LogP contribution < -0.4 is 0 Å². The standard InChI is InChI=1S/C5H5.2CH3.W.H/c1-2-4-5-3-1;;;;/h1-3H,4H2;2*1H3;;. The van der Waals surface area contributed by atoms with Gasteiger partial charge in [0.15, 0.2) is 0 Å². The molecular weight excluding hydrogens is 268 g/mol. The van der Waals surface area contributed by atoms with E-state index >= 15 is 0 Å². The van der Waals surface area contributed by atoms with E-state index in [9.17, 15) is 0 Å². The summed E-state index contributed by atoms with van der Waals surface area (Å²) in [7, 11) is 0. The third-order valence-electron chi connectivity index (χ3n) is 1.33. The summed E-state index contributed by atoms with van der Waals surface area (Å²) in [4.78, 5) is 0. The number of hydrogen-bond acceptors (Lipinski definition) is 0. The normalized spacial score (nSPS) is 18.8. The van der Waals surface area contributed by atoms with E-state index in [4.69, 9.17) is 0 Å². The average Bonchev–Trinajstić information content (AvgIpc) is 2.12. The van der Waals surface area contributed by atoms with Gasteiger partial charge in [-0.2, -0.15) is 0 Å². The predicted octanol–water partition coefficient (Wildman–Crippen LogP) is 2.28.